The van der Waals surface area contributed by atoms with E-state index >= 15 is 0 Å². The lowest BCUT2D eigenvalue weighted by Crippen LogP contribution is -2.41. The second-order valence-corrected chi connectivity index (χ2v) is 5.56. The lowest BCUT2D eigenvalue weighted by Gasteiger charge is -2.26. The molecule has 0 spiro atoms. The summed E-state index contributed by atoms with van der Waals surface area (Å²) in [5.41, 5.74) is -0.400. The van der Waals surface area contributed by atoms with E-state index in [1.54, 1.807) is 38.1 Å². The Morgan fingerprint density at radius 1 is 1.00 bits per heavy atom. The molecule has 0 N–H and O–H groups in total. The van der Waals surface area contributed by atoms with Crippen LogP contribution < -0.4 is 0 Å². The fourth-order valence-corrected chi connectivity index (χ4v) is 2.24. The summed E-state index contributed by atoms with van der Waals surface area (Å²) in [6.07, 6.45) is 1.42. The van der Waals surface area contributed by atoms with Crippen LogP contribution in [0.1, 0.15) is 45.6 Å². The van der Waals surface area contributed by atoms with Crippen molar-refractivity contribution >= 4 is 23.5 Å². The Kier molecular flexibility index (Phi) is 7.39. The van der Waals surface area contributed by atoms with Gasteiger partial charge >= 0.3 is 11.9 Å². The van der Waals surface area contributed by atoms with Gasteiger partial charge in [-0.2, -0.15) is 0 Å². The van der Waals surface area contributed by atoms with Crippen LogP contribution in [-0.2, 0) is 25.7 Å². The number of halogens is 1. The topological polar surface area (TPSA) is 52.6 Å². The van der Waals surface area contributed by atoms with Gasteiger partial charge in [-0.15, -0.1) is 0 Å². The predicted octanol–water partition coefficient (Wildman–Crippen LogP) is 4.14. The number of hydrogen-bond acceptors (Lipinski definition) is 4. The Bertz CT molecular complexity index is 492. The maximum Gasteiger partial charge on any atom is 0.323 e. The van der Waals surface area contributed by atoms with Gasteiger partial charge in [-0.1, -0.05) is 44.5 Å². The third kappa shape index (κ3) is 4.47. The van der Waals surface area contributed by atoms with Crippen molar-refractivity contribution in [1.29, 1.82) is 0 Å². The molecule has 22 heavy (non-hydrogen) atoms. The summed E-state index contributed by atoms with van der Waals surface area (Å²) in [5, 5.41) is 0.620. The van der Waals surface area contributed by atoms with Crippen molar-refractivity contribution < 1.29 is 19.1 Å². The summed E-state index contributed by atoms with van der Waals surface area (Å²) >= 11 is 5.81. The fraction of sp³-hybridized carbons (Fsp3) is 0.529. The Balaban J connectivity index is 2.75. The van der Waals surface area contributed by atoms with Crippen molar-refractivity contribution in [3.05, 3.63) is 34.9 Å². The van der Waals surface area contributed by atoms with Gasteiger partial charge in [0.2, 0.25) is 0 Å². The number of rotatable bonds is 8. The smallest absolute Gasteiger partial charge is 0.323 e. The predicted molar refractivity (Wildman–Crippen MR) is 85.5 cm³/mol. The number of carbonyl (C=O) groups is 2. The van der Waals surface area contributed by atoms with E-state index < -0.39 is 17.4 Å². The molecule has 1 aromatic rings. The maximum absolute atomic E-state index is 12.4. The van der Waals surface area contributed by atoms with Crippen molar-refractivity contribution in [2.45, 2.75) is 46.6 Å². The molecule has 0 fully saturated rings. The van der Waals surface area contributed by atoms with Gasteiger partial charge in [0.15, 0.2) is 5.41 Å². The van der Waals surface area contributed by atoms with Gasteiger partial charge in [0.25, 0.3) is 0 Å². The first-order chi connectivity index (χ1) is 10.5. The van der Waals surface area contributed by atoms with Crippen LogP contribution in [0.2, 0.25) is 5.02 Å². The van der Waals surface area contributed by atoms with E-state index in [9.17, 15) is 9.59 Å². The Morgan fingerprint density at radius 2 is 1.55 bits per heavy atom. The molecule has 0 radical (unpaired) electrons. The van der Waals surface area contributed by atoms with Crippen molar-refractivity contribution in [1.82, 2.24) is 0 Å². The summed E-state index contributed by atoms with van der Waals surface area (Å²) in [4.78, 5) is 24.7. The van der Waals surface area contributed by atoms with E-state index in [1.807, 2.05) is 6.92 Å². The fourth-order valence-electron chi connectivity index (χ4n) is 2.11. The van der Waals surface area contributed by atoms with Crippen LogP contribution in [0.4, 0.5) is 0 Å². The highest BCUT2D eigenvalue weighted by molar-refractivity contribution is 6.30. The SMILES string of the molecule is CCCOC(=O)C(CC)(CC)C(=O)OCc1ccc(Cl)cc1. The normalized spacial score (nSPS) is 11.1. The highest BCUT2D eigenvalue weighted by Gasteiger charge is 2.45. The minimum absolute atomic E-state index is 0.110. The molecule has 0 bridgehead atoms. The quantitative estimate of drug-likeness (QED) is 0.532. The molecule has 1 aromatic carbocycles. The van der Waals surface area contributed by atoms with E-state index in [0.717, 1.165) is 12.0 Å². The van der Waals surface area contributed by atoms with Crippen LogP contribution in [0.3, 0.4) is 0 Å². The molecule has 0 heterocycles. The summed E-state index contributed by atoms with van der Waals surface area (Å²) in [6.45, 7) is 5.91. The van der Waals surface area contributed by atoms with Gasteiger partial charge in [-0.25, -0.2) is 0 Å². The van der Waals surface area contributed by atoms with E-state index in [0.29, 0.717) is 24.5 Å². The third-order valence-corrected chi connectivity index (χ3v) is 3.96. The summed E-state index contributed by atoms with van der Waals surface area (Å²) in [6, 6.07) is 7.02. The van der Waals surface area contributed by atoms with Crippen molar-refractivity contribution in [2.75, 3.05) is 6.61 Å². The molecular formula is C17H23ClO4. The molecule has 0 unspecified atom stereocenters. The Morgan fingerprint density at radius 3 is 2.05 bits per heavy atom. The van der Waals surface area contributed by atoms with E-state index in [4.69, 9.17) is 21.1 Å². The summed E-state index contributed by atoms with van der Waals surface area (Å²) in [5.74, 6) is -1.03. The number of carbonyl (C=O) groups excluding carboxylic acids is 2. The van der Waals surface area contributed by atoms with Crippen molar-refractivity contribution in [3.8, 4) is 0 Å². The molecule has 0 saturated heterocycles. The molecule has 0 saturated carbocycles. The van der Waals surface area contributed by atoms with Crippen LogP contribution in [0.15, 0.2) is 24.3 Å². The summed E-state index contributed by atoms with van der Waals surface area (Å²) < 4.78 is 10.5. The van der Waals surface area contributed by atoms with Crippen LogP contribution in [0.5, 0.6) is 0 Å². The van der Waals surface area contributed by atoms with Crippen LogP contribution >= 0.6 is 11.6 Å². The Hall–Kier alpha value is -1.55. The van der Waals surface area contributed by atoms with Gasteiger partial charge in [0.05, 0.1) is 6.61 Å². The molecule has 4 nitrogen and oxygen atoms in total. The van der Waals surface area contributed by atoms with E-state index in [-0.39, 0.29) is 6.61 Å². The minimum Gasteiger partial charge on any atom is -0.465 e. The van der Waals surface area contributed by atoms with Gasteiger partial charge in [0.1, 0.15) is 6.61 Å². The average molecular weight is 327 g/mol. The molecule has 0 aromatic heterocycles. The Labute approximate surface area is 136 Å². The van der Waals surface area contributed by atoms with Crippen LogP contribution in [-0.4, -0.2) is 18.5 Å². The van der Waals surface area contributed by atoms with Gasteiger partial charge in [-0.05, 0) is 37.0 Å². The summed E-state index contributed by atoms with van der Waals surface area (Å²) in [7, 11) is 0. The largest absolute Gasteiger partial charge is 0.465 e. The minimum atomic E-state index is -1.22. The second-order valence-electron chi connectivity index (χ2n) is 5.13. The van der Waals surface area contributed by atoms with Crippen LogP contribution in [0, 0.1) is 5.41 Å². The number of benzene rings is 1. The van der Waals surface area contributed by atoms with E-state index in [2.05, 4.69) is 0 Å². The second kappa shape index (κ2) is 8.79. The van der Waals surface area contributed by atoms with Crippen molar-refractivity contribution in [2.24, 2.45) is 5.41 Å². The zero-order valence-corrected chi connectivity index (χ0v) is 14.1. The monoisotopic (exact) mass is 326 g/mol. The lowest BCUT2D eigenvalue weighted by atomic mass is 9.82. The lowest BCUT2D eigenvalue weighted by molar-refractivity contribution is -0.174. The standard InChI is InChI=1S/C17H23ClO4/c1-4-11-21-15(19)17(5-2,6-3)16(20)22-12-13-7-9-14(18)10-8-13/h7-10H,4-6,11-12H2,1-3H3. The van der Waals surface area contributed by atoms with Gasteiger partial charge < -0.3 is 9.47 Å². The average Bonchev–Trinajstić information content (AvgIpc) is 2.54. The molecular weight excluding hydrogens is 304 g/mol. The molecule has 0 aliphatic heterocycles. The molecule has 0 atom stereocenters. The first kappa shape index (κ1) is 18.5. The zero-order valence-electron chi connectivity index (χ0n) is 13.4. The first-order valence-corrected chi connectivity index (χ1v) is 7.96. The highest BCUT2D eigenvalue weighted by atomic mass is 35.5. The zero-order chi connectivity index (χ0) is 16.6. The number of hydrogen-bond donors (Lipinski definition) is 0. The molecule has 5 heteroatoms. The maximum atomic E-state index is 12.4. The molecule has 1 rings (SSSR count). The number of ether oxygens (including phenoxy) is 2. The van der Waals surface area contributed by atoms with Gasteiger partial charge in [-0.3, -0.25) is 9.59 Å². The van der Waals surface area contributed by atoms with Crippen molar-refractivity contribution in [3.63, 3.8) is 0 Å². The van der Waals surface area contributed by atoms with Gasteiger partial charge in [0, 0.05) is 5.02 Å². The molecule has 0 aliphatic carbocycles. The highest BCUT2D eigenvalue weighted by Crippen LogP contribution is 2.30. The molecule has 0 amide bonds. The first-order valence-electron chi connectivity index (χ1n) is 7.59. The van der Waals surface area contributed by atoms with Crippen LogP contribution in [0.25, 0.3) is 0 Å². The van der Waals surface area contributed by atoms with E-state index in [1.165, 1.54) is 0 Å². The number of esters is 2. The molecule has 0 aliphatic rings. The third-order valence-electron chi connectivity index (χ3n) is 3.71. The molecule has 122 valence electrons.